The van der Waals surface area contributed by atoms with E-state index in [4.69, 9.17) is 16.7 Å². The average Bonchev–Trinajstić information content (AvgIpc) is 2.46. The third kappa shape index (κ3) is 2.30. The van der Waals surface area contributed by atoms with E-state index in [9.17, 15) is 0 Å². The van der Waals surface area contributed by atoms with E-state index in [2.05, 4.69) is 9.97 Å². The molecule has 0 amide bonds. The van der Waals surface area contributed by atoms with Gasteiger partial charge >= 0.3 is 0 Å². The number of aliphatic hydroxyl groups excluding tert-OH is 1. The number of aliphatic hydroxyl groups is 1. The minimum Gasteiger partial charge on any atom is -0.392 e. The Hall–Kier alpha value is -1.97. The van der Waals surface area contributed by atoms with Gasteiger partial charge in [0.1, 0.15) is 0 Å². The number of benzene rings is 2. The van der Waals surface area contributed by atoms with Crippen molar-refractivity contribution in [2.75, 3.05) is 0 Å². The molecule has 94 valence electrons. The maximum absolute atomic E-state index is 9.11. The second-order valence-corrected chi connectivity index (χ2v) is 4.62. The highest BCUT2D eigenvalue weighted by atomic mass is 35.5. The summed E-state index contributed by atoms with van der Waals surface area (Å²) in [6, 6.07) is 13.2. The maximum atomic E-state index is 9.11. The maximum Gasteiger partial charge on any atom is 0.159 e. The molecule has 1 heterocycles. The van der Waals surface area contributed by atoms with Gasteiger partial charge in [0.2, 0.25) is 0 Å². The molecule has 1 N–H and O–H groups in total. The first-order valence-electron chi connectivity index (χ1n) is 5.89. The monoisotopic (exact) mass is 270 g/mol. The lowest BCUT2D eigenvalue weighted by atomic mass is 10.1. The molecule has 0 aliphatic rings. The molecule has 3 aromatic rings. The molecule has 0 unspecified atom stereocenters. The standard InChI is InChI=1S/C15H11ClN2O/c16-13-7-10(5-6-12(13)9-19)15-17-8-11-3-1-2-4-14(11)18-15/h1-8,19H,9H2. The molecule has 0 bridgehead atoms. The zero-order chi connectivity index (χ0) is 13.2. The lowest BCUT2D eigenvalue weighted by Crippen LogP contribution is -1.91. The summed E-state index contributed by atoms with van der Waals surface area (Å²) >= 11 is 6.08. The zero-order valence-corrected chi connectivity index (χ0v) is 10.8. The summed E-state index contributed by atoms with van der Waals surface area (Å²) in [5, 5.41) is 10.6. The van der Waals surface area contributed by atoms with Crippen molar-refractivity contribution in [3.8, 4) is 11.4 Å². The van der Waals surface area contributed by atoms with Crippen LogP contribution in [-0.4, -0.2) is 15.1 Å². The van der Waals surface area contributed by atoms with E-state index in [0.29, 0.717) is 16.4 Å². The van der Waals surface area contributed by atoms with E-state index in [0.717, 1.165) is 16.5 Å². The summed E-state index contributed by atoms with van der Waals surface area (Å²) in [6.07, 6.45) is 1.80. The Balaban J connectivity index is 2.11. The molecular weight excluding hydrogens is 260 g/mol. The first kappa shape index (κ1) is 12.1. The molecule has 1 aromatic heterocycles. The van der Waals surface area contributed by atoms with Crippen LogP contribution in [0.3, 0.4) is 0 Å². The number of hydrogen-bond acceptors (Lipinski definition) is 3. The molecule has 3 rings (SSSR count). The minimum absolute atomic E-state index is 0.0717. The lowest BCUT2D eigenvalue weighted by molar-refractivity contribution is 0.282. The second kappa shape index (κ2) is 4.96. The zero-order valence-electron chi connectivity index (χ0n) is 10.0. The van der Waals surface area contributed by atoms with E-state index in [-0.39, 0.29) is 6.61 Å². The summed E-state index contributed by atoms with van der Waals surface area (Å²) in [5.74, 6) is 0.630. The van der Waals surface area contributed by atoms with E-state index >= 15 is 0 Å². The van der Waals surface area contributed by atoms with Gasteiger partial charge in [-0.3, -0.25) is 0 Å². The van der Waals surface area contributed by atoms with Crippen molar-refractivity contribution in [3.05, 3.63) is 59.2 Å². The quantitative estimate of drug-likeness (QED) is 0.776. The first-order chi connectivity index (χ1) is 9.28. The molecular formula is C15H11ClN2O. The van der Waals surface area contributed by atoms with Crippen molar-refractivity contribution >= 4 is 22.5 Å². The van der Waals surface area contributed by atoms with Crippen molar-refractivity contribution in [1.29, 1.82) is 0 Å². The van der Waals surface area contributed by atoms with Gasteiger partial charge in [-0.25, -0.2) is 9.97 Å². The number of para-hydroxylation sites is 1. The van der Waals surface area contributed by atoms with Crippen molar-refractivity contribution < 1.29 is 5.11 Å². The van der Waals surface area contributed by atoms with Gasteiger partial charge < -0.3 is 5.11 Å². The van der Waals surface area contributed by atoms with Crippen LogP contribution < -0.4 is 0 Å². The second-order valence-electron chi connectivity index (χ2n) is 4.22. The number of aromatic nitrogens is 2. The largest absolute Gasteiger partial charge is 0.392 e. The highest BCUT2D eigenvalue weighted by Crippen LogP contribution is 2.24. The molecule has 2 aromatic carbocycles. The minimum atomic E-state index is -0.0717. The van der Waals surface area contributed by atoms with Crippen molar-refractivity contribution in [1.82, 2.24) is 9.97 Å². The lowest BCUT2D eigenvalue weighted by Gasteiger charge is -2.05. The smallest absolute Gasteiger partial charge is 0.159 e. The molecule has 0 spiro atoms. The fourth-order valence-corrected chi connectivity index (χ4v) is 2.17. The van der Waals surface area contributed by atoms with Crippen LogP contribution in [0.2, 0.25) is 5.02 Å². The number of nitrogens with zero attached hydrogens (tertiary/aromatic N) is 2. The molecule has 0 aliphatic heterocycles. The fraction of sp³-hybridized carbons (Fsp3) is 0.0667. The van der Waals surface area contributed by atoms with Crippen LogP contribution in [0.4, 0.5) is 0 Å². The number of hydrogen-bond donors (Lipinski definition) is 1. The molecule has 0 radical (unpaired) electrons. The van der Waals surface area contributed by atoms with E-state index in [1.54, 1.807) is 18.3 Å². The van der Waals surface area contributed by atoms with Crippen LogP contribution in [0, 0.1) is 0 Å². The predicted octanol–water partition coefficient (Wildman–Crippen LogP) is 3.44. The average molecular weight is 271 g/mol. The van der Waals surface area contributed by atoms with Gasteiger partial charge in [-0.2, -0.15) is 0 Å². The van der Waals surface area contributed by atoms with Crippen LogP contribution in [0.15, 0.2) is 48.7 Å². The van der Waals surface area contributed by atoms with Crippen LogP contribution in [-0.2, 0) is 6.61 Å². The Labute approximate surface area is 115 Å². The Morgan fingerprint density at radius 1 is 1.11 bits per heavy atom. The number of fused-ring (bicyclic) bond motifs is 1. The van der Waals surface area contributed by atoms with Crippen LogP contribution in [0.1, 0.15) is 5.56 Å². The molecule has 0 saturated heterocycles. The van der Waals surface area contributed by atoms with Gasteiger partial charge in [0.15, 0.2) is 5.82 Å². The highest BCUT2D eigenvalue weighted by molar-refractivity contribution is 6.31. The summed E-state index contributed by atoms with van der Waals surface area (Å²) in [7, 11) is 0. The molecule has 0 atom stereocenters. The number of halogens is 1. The van der Waals surface area contributed by atoms with Crippen LogP contribution >= 0.6 is 11.6 Å². The Morgan fingerprint density at radius 3 is 2.74 bits per heavy atom. The molecule has 4 heteroatoms. The topological polar surface area (TPSA) is 46.0 Å². The predicted molar refractivity (Wildman–Crippen MR) is 75.9 cm³/mol. The van der Waals surface area contributed by atoms with Gasteiger partial charge in [0, 0.05) is 22.2 Å². The Bertz CT molecular complexity index is 743. The summed E-state index contributed by atoms with van der Waals surface area (Å²) < 4.78 is 0. The van der Waals surface area contributed by atoms with Gasteiger partial charge in [0.25, 0.3) is 0 Å². The summed E-state index contributed by atoms with van der Waals surface area (Å²) in [6.45, 7) is -0.0717. The Kier molecular flexibility index (Phi) is 3.15. The summed E-state index contributed by atoms with van der Waals surface area (Å²) in [4.78, 5) is 8.85. The van der Waals surface area contributed by atoms with Gasteiger partial charge in [-0.15, -0.1) is 0 Å². The van der Waals surface area contributed by atoms with E-state index < -0.39 is 0 Å². The van der Waals surface area contributed by atoms with Gasteiger partial charge in [0.05, 0.1) is 12.1 Å². The first-order valence-corrected chi connectivity index (χ1v) is 6.27. The van der Waals surface area contributed by atoms with E-state index in [1.807, 2.05) is 30.3 Å². The van der Waals surface area contributed by atoms with Gasteiger partial charge in [-0.05, 0) is 17.7 Å². The Morgan fingerprint density at radius 2 is 1.95 bits per heavy atom. The molecule has 3 nitrogen and oxygen atoms in total. The van der Waals surface area contributed by atoms with Crippen LogP contribution in [0.5, 0.6) is 0 Å². The molecule has 0 saturated carbocycles. The van der Waals surface area contributed by atoms with Crippen LogP contribution in [0.25, 0.3) is 22.3 Å². The highest BCUT2D eigenvalue weighted by Gasteiger charge is 2.06. The third-order valence-electron chi connectivity index (χ3n) is 2.97. The van der Waals surface area contributed by atoms with Crippen molar-refractivity contribution in [2.24, 2.45) is 0 Å². The molecule has 0 aliphatic carbocycles. The molecule has 19 heavy (non-hydrogen) atoms. The third-order valence-corrected chi connectivity index (χ3v) is 3.32. The molecule has 0 fully saturated rings. The van der Waals surface area contributed by atoms with Crippen molar-refractivity contribution in [3.63, 3.8) is 0 Å². The van der Waals surface area contributed by atoms with E-state index in [1.165, 1.54) is 0 Å². The SMILES string of the molecule is OCc1ccc(-c2ncc3ccccc3n2)cc1Cl. The van der Waals surface area contributed by atoms with Crippen molar-refractivity contribution in [2.45, 2.75) is 6.61 Å². The summed E-state index contributed by atoms with van der Waals surface area (Å²) in [5.41, 5.74) is 2.44. The number of rotatable bonds is 2. The fourth-order valence-electron chi connectivity index (χ4n) is 1.93. The normalized spacial score (nSPS) is 10.8. The van der Waals surface area contributed by atoms with Gasteiger partial charge in [-0.1, -0.05) is 41.9 Å².